The van der Waals surface area contributed by atoms with Crippen molar-refractivity contribution in [3.05, 3.63) is 156 Å². The number of benzene rings is 6. The SMILES string of the molecule is c1ccc2c(c1)Oc1c(ccc3ccccc13)C21c2ccccc2-c2ccccc2-c2ccccc21. The molecule has 1 aliphatic heterocycles. The minimum Gasteiger partial charge on any atom is -0.456 e. The molecule has 1 spiro atoms. The second-order valence-corrected chi connectivity index (χ2v) is 9.65. The van der Waals surface area contributed by atoms with Gasteiger partial charge in [0.25, 0.3) is 0 Å². The molecule has 1 nitrogen and oxygen atoms in total. The molecule has 6 aromatic rings. The molecule has 0 saturated heterocycles. The average molecular weight is 459 g/mol. The first-order valence-electron chi connectivity index (χ1n) is 12.5. The number of hydrogen-bond donors (Lipinski definition) is 0. The van der Waals surface area contributed by atoms with Crippen LogP contribution in [-0.2, 0) is 5.41 Å². The zero-order valence-corrected chi connectivity index (χ0v) is 19.6. The van der Waals surface area contributed by atoms with Crippen LogP contribution in [0.25, 0.3) is 33.0 Å². The Morgan fingerprint density at radius 3 is 1.61 bits per heavy atom. The first-order valence-corrected chi connectivity index (χ1v) is 12.5. The zero-order valence-electron chi connectivity index (χ0n) is 19.6. The number of hydrogen-bond acceptors (Lipinski definition) is 1. The van der Waals surface area contributed by atoms with E-state index in [1.54, 1.807) is 0 Å². The van der Waals surface area contributed by atoms with Crippen LogP contribution in [0.15, 0.2) is 133 Å². The fourth-order valence-corrected chi connectivity index (χ4v) is 6.54. The molecule has 0 unspecified atom stereocenters. The van der Waals surface area contributed by atoms with Crippen LogP contribution in [0.1, 0.15) is 22.3 Å². The minimum atomic E-state index is -0.527. The van der Waals surface area contributed by atoms with E-state index in [1.807, 2.05) is 0 Å². The van der Waals surface area contributed by atoms with Gasteiger partial charge in [-0.15, -0.1) is 0 Å². The molecule has 0 fully saturated rings. The Bertz CT molecular complexity index is 1760. The molecule has 2 aliphatic rings. The number of rotatable bonds is 0. The van der Waals surface area contributed by atoms with Gasteiger partial charge in [-0.05, 0) is 44.8 Å². The lowest BCUT2D eigenvalue weighted by Gasteiger charge is -2.42. The minimum absolute atomic E-state index is 0.527. The Labute approximate surface area is 210 Å². The van der Waals surface area contributed by atoms with Crippen molar-refractivity contribution in [3.63, 3.8) is 0 Å². The maximum Gasteiger partial charge on any atom is 0.140 e. The van der Waals surface area contributed by atoms with Crippen molar-refractivity contribution in [1.29, 1.82) is 0 Å². The van der Waals surface area contributed by atoms with Gasteiger partial charge in [-0.1, -0.05) is 127 Å². The maximum atomic E-state index is 6.77. The van der Waals surface area contributed by atoms with Crippen LogP contribution in [0.2, 0.25) is 0 Å². The van der Waals surface area contributed by atoms with Gasteiger partial charge < -0.3 is 4.74 Å². The monoisotopic (exact) mass is 458 g/mol. The molecule has 168 valence electrons. The van der Waals surface area contributed by atoms with Gasteiger partial charge >= 0.3 is 0 Å². The van der Waals surface area contributed by atoms with Gasteiger partial charge in [-0.25, -0.2) is 0 Å². The van der Waals surface area contributed by atoms with Gasteiger partial charge in [0.2, 0.25) is 0 Å². The molecule has 1 aliphatic carbocycles. The van der Waals surface area contributed by atoms with Gasteiger partial charge in [0.05, 0.1) is 5.41 Å². The predicted octanol–water partition coefficient (Wildman–Crippen LogP) is 8.98. The van der Waals surface area contributed by atoms with E-state index >= 15 is 0 Å². The highest BCUT2D eigenvalue weighted by atomic mass is 16.5. The van der Waals surface area contributed by atoms with Crippen LogP contribution < -0.4 is 4.74 Å². The summed E-state index contributed by atoms with van der Waals surface area (Å²) >= 11 is 0. The summed E-state index contributed by atoms with van der Waals surface area (Å²) in [6, 6.07) is 48.3. The van der Waals surface area contributed by atoms with Crippen molar-refractivity contribution in [3.8, 4) is 33.8 Å². The first kappa shape index (κ1) is 19.7. The summed E-state index contributed by atoms with van der Waals surface area (Å²) in [6.45, 7) is 0. The zero-order chi connectivity index (χ0) is 23.7. The highest BCUT2D eigenvalue weighted by Gasteiger charge is 2.49. The van der Waals surface area contributed by atoms with E-state index in [4.69, 9.17) is 4.74 Å². The molecule has 0 atom stereocenters. The smallest absolute Gasteiger partial charge is 0.140 e. The van der Waals surface area contributed by atoms with Crippen LogP contribution in [0, 0.1) is 0 Å². The average Bonchev–Trinajstić information content (AvgIpc) is 3.06. The summed E-state index contributed by atoms with van der Waals surface area (Å²) < 4.78 is 6.77. The topological polar surface area (TPSA) is 9.23 Å². The molecule has 1 heteroatoms. The Balaban J connectivity index is 1.65. The highest BCUT2D eigenvalue weighted by Crippen LogP contribution is 2.61. The molecule has 1 heterocycles. The molecule has 0 amide bonds. The summed E-state index contributed by atoms with van der Waals surface area (Å²) in [4.78, 5) is 0. The van der Waals surface area contributed by atoms with Crippen molar-refractivity contribution < 1.29 is 4.74 Å². The Kier molecular flexibility index (Phi) is 3.93. The largest absolute Gasteiger partial charge is 0.456 e. The molecular weight excluding hydrogens is 436 g/mol. The third-order valence-corrected chi connectivity index (χ3v) is 7.96. The van der Waals surface area contributed by atoms with Crippen molar-refractivity contribution in [2.75, 3.05) is 0 Å². The summed E-state index contributed by atoms with van der Waals surface area (Å²) in [6.07, 6.45) is 0. The van der Waals surface area contributed by atoms with Gasteiger partial charge in [-0.2, -0.15) is 0 Å². The van der Waals surface area contributed by atoms with Crippen molar-refractivity contribution in [2.24, 2.45) is 0 Å². The van der Waals surface area contributed by atoms with E-state index in [-0.39, 0.29) is 0 Å². The molecule has 0 bridgehead atoms. The van der Waals surface area contributed by atoms with Gasteiger partial charge in [0, 0.05) is 16.5 Å². The summed E-state index contributed by atoms with van der Waals surface area (Å²) in [5.41, 5.74) is 9.48. The number of ether oxygens (including phenoxy) is 1. The Morgan fingerprint density at radius 1 is 0.389 bits per heavy atom. The van der Waals surface area contributed by atoms with E-state index in [9.17, 15) is 0 Å². The predicted molar refractivity (Wildman–Crippen MR) is 147 cm³/mol. The van der Waals surface area contributed by atoms with Crippen LogP contribution in [0.4, 0.5) is 0 Å². The lowest BCUT2D eigenvalue weighted by Crippen LogP contribution is -2.34. The lowest BCUT2D eigenvalue weighted by molar-refractivity contribution is 0.440. The van der Waals surface area contributed by atoms with Crippen LogP contribution in [-0.4, -0.2) is 0 Å². The fourth-order valence-electron chi connectivity index (χ4n) is 6.54. The maximum absolute atomic E-state index is 6.77. The second-order valence-electron chi connectivity index (χ2n) is 9.65. The third-order valence-electron chi connectivity index (χ3n) is 7.96. The van der Waals surface area contributed by atoms with Gasteiger partial charge in [0.1, 0.15) is 11.5 Å². The fraction of sp³-hybridized carbons (Fsp3) is 0.0286. The van der Waals surface area contributed by atoms with Gasteiger partial charge in [-0.3, -0.25) is 0 Å². The molecule has 8 rings (SSSR count). The molecule has 0 radical (unpaired) electrons. The van der Waals surface area contributed by atoms with E-state index in [2.05, 4.69) is 133 Å². The number of fused-ring (bicyclic) bond motifs is 13. The van der Waals surface area contributed by atoms with Gasteiger partial charge in [0.15, 0.2) is 0 Å². The van der Waals surface area contributed by atoms with Crippen molar-refractivity contribution in [2.45, 2.75) is 5.41 Å². The van der Waals surface area contributed by atoms with E-state index in [1.165, 1.54) is 49.9 Å². The molecule has 0 saturated carbocycles. The third kappa shape index (κ3) is 2.40. The Morgan fingerprint density at radius 2 is 0.917 bits per heavy atom. The molecular formula is C35H22O. The summed E-state index contributed by atoms with van der Waals surface area (Å²) in [5.74, 6) is 1.86. The lowest BCUT2D eigenvalue weighted by atomic mass is 9.62. The van der Waals surface area contributed by atoms with Crippen LogP contribution in [0.3, 0.4) is 0 Å². The normalized spacial score (nSPS) is 14.0. The Hall–Kier alpha value is -4.62. The van der Waals surface area contributed by atoms with Crippen LogP contribution >= 0.6 is 0 Å². The van der Waals surface area contributed by atoms with E-state index < -0.39 is 5.41 Å². The molecule has 36 heavy (non-hydrogen) atoms. The number of para-hydroxylation sites is 1. The summed E-state index contributed by atoms with van der Waals surface area (Å²) in [5, 5.41) is 2.32. The first-order chi connectivity index (χ1) is 17.9. The van der Waals surface area contributed by atoms with E-state index in [0.29, 0.717) is 0 Å². The highest BCUT2D eigenvalue weighted by molar-refractivity contribution is 5.97. The van der Waals surface area contributed by atoms with Crippen LogP contribution in [0.5, 0.6) is 11.5 Å². The summed E-state index contributed by atoms with van der Waals surface area (Å²) in [7, 11) is 0. The molecule has 6 aromatic carbocycles. The van der Waals surface area contributed by atoms with Crippen molar-refractivity contribution >= 4 is 10.8 Å². The van der Waals surface area contributed by atoms with Crippen molar-refractivity contribution in [1.82, 2.24) is 0 Å². The second kappa shape index (κ2) is 7.19. The molecule has 0 N–H and O–H groups in total. The molecule has 0 aromatic heterocycles. The quantitative estimate of drug-likeness (QED) is 0.220. The standard InChI is InChI=1S/C35H22O/c1-2-12-24-23(11-1)21-22-32-34(24)36-33-20-10-9-19-31(33)35(32)29-17-7-5-15-27(29)25-13-3-4-14-26(25)28-16-6-8-18-30(28)35/h1-22H. The van der Waals surface area contributed by atoms with E-state index in [0.717, 1.165) is 16.9 Å².